The van der Waals surface area contributed by atoms with Gasteiger partial charge in [0.1, 0.15) is 7.05 Å². The van der Waals surface area contributed by atoms with Gasteiger partial charge in [-0.25, -0.2) is 0 Å². The van der Waals surface area contributed by atoms with Crippen LogP contribution in [0.5, 0.6) is 0 Å². The number of carbonyl (C=O) groups excluding carboxylic acids is 2. The Morgan fingerprint density at radius 1 is 0.853 bits per heavy atom. The molecule has 0 amide bonds. The fraction of sp³-hybridized carbons (Fsp3) is 0.276. The number of nitrogens with zero attached hydrogens (tertiary/aromatic N) is 2. The van der Waals surface area contributed by atoms with E-state index in [0.717, 1.165) is 33.9 Å². The van der Waals surface area contributed by atoms with Crippen molar-refractivity contribution in [1.29, 1.82) is 0 Å². The molecule has 0 unspecified atom stereocenters. The largest absolute Gasteiger partial charge is 0.871 e. The number of Topliss-reactive ketones (excluding diaryl/α,β-unsaturated/α-hetero) is 2. The van der Waals surface area contributed by atoms with Crippen molar-refractivity contribution in [3.05, 3.63) is 94.4 Å². The summed E-state index contributed by atoms with van der Waals surface area (Å²) in [5.41, 5.74) is 5.00. The van der Waals surface area contributed by atoms with Crippen LogP contribution in [0.2, 0.25) is 0 Å². The summed E-state index contributed by atoms with van der Waals surface area (Å²) in [4.78, 5) is 28.0. The van der Waals surface area contributed by atoms with E-state index < -0.39 is 28.2 Å². The molecule has 0 fully saturated rings. The van der Waals surface area contributed by atoms with Crippen LogP contribution in [0.15, 0.2) is 83.3 Å². The fourth-order valence-corrected chi connectivity index (χ4v) is 5.65. The molecule has 5 rings (SSSR count). The van der Waals surface area contributed by atoms with Gasteiger partial charge in [-0.1, -0.05) is 56.0 Å². The predicted molar refractivity (Wildman–Crippen MR) is 131 cm³/mol. The van der Waals surface area contributed by atoms with Crippen LogP contribution in [0.3, 0.4) is 0 Å². The number of ketones is 2. The zero-order valence-electron chi connectivity index (χ0n) is 20.4. The third-order valence-electron chi connectivity index (χ3n) is 7.63. The molecule has 2 heterocycles. The normalized spacial score (nSPS) is 22.9. The Kier molecular flexibility index (Phi) is 4.63. The fourth-order valence-electron chi connectivity index (χ4n) is 5.65. The van der Waals surface area contributed by atoms with E-state index in [1.165, 1.54) is 0 Å². The summed E-state index contributed by atoms with van der Waals surface area (Å²) in [7, 11) is 3.84. The quantitative estimate of drug-likeness (QED) is 0.396. The molecular formula is C29H28N2O3. The lowest BCUT2D eigenvalue weighted by atomic mass is 9.81. The monoisotopic (exact) mass is 452 g/mol. The summed E-state index contributed by atoms with van der Waals surface area (Å²) in [6.07, 6.45) is 3.23. The molecule has 0 spiro atoms. The molecule has 172 valence electrons. The minimum absolute atomic E-state index is 0.0597. The number of likely N-dealkylation sites (N-methyl/N-ethyl adjacent to an activating group) is 1. The van der Waals surface area contributed by atoms with E-state index in [1.54, 1.807) is 12.2 Å². The molecule has 0 radical (unpaired) electrons. The van der Waals surface area contributed by atoms with Gasteiger partial charge in [-0.3, -0.25) is 9.59 Å². The lowest BCUT2D eigenvalue weighted by Crippen LogP contribution is -2.28. The maximum Gasteiger partial charge on any atom is 0.233 e. The van der Waals surface area contributed by atoms with Crippen LogP contribution < -0.4 is 10.0 Å². The minimum Gasteiger partial charge on any atom is -0.871 e. The van der Waals surface area contributed by atoms with Gasteiger partial charge < -0.3 is 10.0 Å². The molecule has 0 bridgehead atoms. The summed E-state index contributed by atoms with van der Waals surface area (Å²) >= 11 is 0. The molecule has 34 heavy (non-hydrogen) atoms. The number of allylic oxidation sites excluding steroid dienone is 5. The van der Waals surface area contributed by atoms with Crippen LogP contribution in [0, 0.1) is 0 Å². The van der Waals surface area contributed by atoms with Gasteiger partial charge in [0.2, 0.25) is 17.3 Å². The highest BCUT2D eigenvalue weighted by atomic mass is 16.3. The molecule has 5 heteroatoms. The third-order valence-corrected chi connectivity index (χ3v) is 7.63. The van der Waals surface area contributed by atoms with Crippen molar-refractivity contribution >= 4 is 28.7 Å². The maximum absolute atomic E-state index is 13.4. The number of rotatable bonds is 2. The van der Waals surface area contributed by atoms with Gasteiger partial charge in [0.05, 0.1) is 5.41 Å². The number of carbonyl (C=O) groups is 2. The lowest BCUT2D eigenvalue weighted by Gasteiger charge is -2.24. The molecule has 1 aliphatic carbocycles. The maximum atomic E-state index is 13.4. The smallest absolute Gasteiger partial charge is 0.233 e. The predicted octanol–water partition coefficient (Wildman–Crippen LogP) is 3.70. The highest BCUT2D eigenvalue weighted by Crippen LogP contribution is 2.47. The van der Waals surface area contributed by atoms with E-state index in [-0.39, 0.29) is 11.1 Å². The van der Waals surface area contributed by atoms with E-state index in [9.17, 15) is 14.7 Å². The Hall–Kier alpha value is -3.73. The van der Waals surface area contributed by atoms with Crippen LogP contribution in [0.25, 0.3) is 0 Å². The number of hydrogen-bond acceptors (Lipinski definition) is 4. The lowest BCUT2D eigenvalue weighted by molar-refractivity contribution is -0.401. The van der Waals surface area contributed by atoms with Crippen molar-refractivity contribution in [1.82, 2.24) is 0 Å². The highest BCUT2D eigenvalue weighted by molar-refractivity contribution is 6.54. The standard InChI is InChI=1S/C29H28N2O3/c1-28(2)19-11-7-9-13-21(19)30(5)23(28)15-17-25(32)18(27(34)26(17)33)16-24-29(3,4)20-12-8-10-14-22(20)31(24)6/h7-16H,1-6H3. The van der Waals surface area contributed by atoms with Crippen molar-refractivity contribution in [3.63, 3.8) is 0 Å². The van der Waals surface area contributed by atoms with Gasteiger partial charge in [0, 0.05) is 52.7 Å². The van der Waals surface area contributed by atoms with Crippen molar-refractivity contribution in [2.75, 3.05) is 19.0 Å². The SMILES string of the molecule is CN1/C(=C/C2=C([O-])C(=C/C3=[N+](C)c4ccccc4C3(C)C)/C(=O)C2=O)C(C)(C)c2ccccc21. The van der Waals surface area contributed by atoms with Crippen LogP contribution in [-0.2, 0) is 20.4 Å². The first kappa shape index (κ1) is 22.1. The molecule has 3 aliphatic rings. The van der Waals surface area contributed by atoms with E-state index in [0.29, 0.717) is 0 Å². The zero-order chi connectivity index (χ0) is 24.6. The topological polar surface area (TPSA) is 63.4 Å². The average molecular weight is 453 g/mol. The average Bonchev–Trinajstić information content (AvgIpc) is 3.22. The van der Waals surface area contributed by atoms with Crippen LogP contribution in [-0.4, -0.2) is 35.9 Å². The molecule has 2 aromatic carbocycles. The van der Waals surface area contributed by atoms with Gasteiger partial charge >= 0.3 is 0 Å². The summed E-state index contributed by atoms with van der Waals surface area (Å²) < 4.78 is 1.99. The summed E-state index contributed by atoms with van der Waals surface area (Å²) in [5.74, 6) is -1.98. The van der Waals surface area contributed by atoms with E-state index >= 15 is 0 Å². The molecular weight excluding hydrogens is 424 g/mol. The van der Waals surface area contributed by atoms with Crippen molar-refractivity contribution in [3.8, 4) is 0 Å². The van der Waals surface area contributed by atoms with E-state index in [1.807, 2.05) is 60.0 Å². The molecule has 5 nitrogen and oxygen atoms in total. The second-order valence-corrected chi connectivity index (χ2v) is 10.3. The molecule has 0 saturated heterocycles. The molecule has 2 aliphatic heterocycles. The Morgan fingerprint density at radius 2 is 1.47 bits per heavy atom. The van der Waals surface area contributed by atoms with Crippen molar-refractivity contribution in [2.24, 2.45) is 0 Å². The van der Waals surface area contributed by atoms with Gasteiger partial charge in [-0.2, -0.15) is 4.58 Å². The highest BCUT2D eigenvalue weighted by Gasteiger charge is 2.45. The van der Waals surface area contributed by atoms with Crippen LogP contribution in [0.1, 0.15) is 38.8 Å². The third kappa shape index (κ3) is 2.82. The second-order valence-electron chi connectivity index (χ2n) is 10.3. The van der Waals surface area contributed by atoms with Crippen LogP contribution in [0.4, 0.5) is 11.4 Å². The first-order valence-corrected chi connectivity index (χ1v) is 11.5. The Morgan fingerprint density at radius 3 is 2.12 bits per heavy atom. The molecule has 0 saturated carbocycles. The number of benzene rings is 2. The van der Waals surface area contributed by atoms with Crippen molar-refractivity contribution < 1.29 is 19.3 Å². The summed E-state index contributed by atoms with van der Waals surface area (Å²) in [5, 5.41) is 13.4. The molecule has 0 N–H and O–H groups in total. The number of fused-ring (bicyclic) bond motifs is 2. The van der Waals surface area contributed by atoms with Gasteiger partial charge in [0.25, 0.3) is 0 Å². The first-order chi connectivity index (χ1) is 16.0. The minimum atomic E-state index is -0.736. The molecule has 0 aromatic heterocycles. The van der Waals surface area contributed by atoms with E-state index in [4.69, 9.17) is 0 Å². The zero-order valence-corrected chi connectivity index (χ0v) is 20.4. The van der Waals surface area contributed by atoms with Crippen molar-refractivity contribution in [2.45, 2.75) is 38.5 Å². The number of anilines is 1. The van der Waals surface area contributed by atoms with Gasteiger partial charge in [0.15, 0.2) is 5.71 Å². The summed E-state index contributed by atoms with van der Waals surface area (Å²) in [6, 6.07) is 16.0. The summed E-state index contributed by atoms with van der Waals surface area (Å²) in [6.45, 7) is 8.25. The first-order valence-electron chi connectivity index (χ1n) is 11.5. The Labute approximate surface area is 200 Å². The number of hydrogen-bond donors (Lipinski definition) is 0. The number of para-hydroxylation sites is 2. The Balaban J connectivity index is 1.63. The second kappa shape index (κ2) is 7.13. The van der Waals surface area contributed by atoms with E-state index in [2.05, 4.69) is 39.8 Å². The van der Waals surface area contributed by atoms with Gasteiger partial charge in [-0.15, -0.1) is 0 Å². The molecule has 0 atom stereocenters. The van der Waals surface area contributed by atoms with Gasteiger partial charge in [-0.05, 0) is 31.6 Å². The van der Waals surface area contributed by atoms with Crippen LogP contribution >= 0.6 is 0 Å². The Bertz CT molecular complexity index is 1420. The molecule has 2 aromatic rings.